The van der Waals surface area contributed by atoms with Crippen LogP contribution in [0, 0.1) is 5.92 Å². The average Bonchev–Trinajstić information content (AvgIpc) is 3.06. The van der Waals surface area contributed by atoms with Gasteiger partial charge in [0.1, 0.15) is 6.04 Å². The molecular weight excluding hydrogens is 294 g/mol. The van der Waals surface area contributed by atoms with Gasteiger partial charge in [-0.05, 0) is 18.9 Å². The molecule has 0 saturated carbocycles. The van der Waals surface area contributed by atoms with Gasteiger partial charge in [0.15, 0.2) is 5.78 Å². The predicted molar refractivity (Wildman–Crippen MR) is 89.1 cm³/mol. The highest BCUT2D eigenvalue weighted by Gasteiger charge is 2.27. The van der Waals surface area contributed by atoms with Crippen molar-refractivity contribution in [3.05, 3.63) is 18.5 Å². The maximum Gasteiger partial charge on any atom is 0.407 e. The Balaban J connectivity index is 2.68. The maximum atomic E-state index is 12.8. The Kier molecular flexibility index (Phi) is 9.02. The summed E-state index contributed by atoms with van der Waals surface area (Å²) in [6.45, 7) is 4.51. The van der Waals surface area contributed by atoms with Gasteiger partial charge in [0.2, 0.25) is 0 Å². The fourth-order valence-corrected chi connectivity index (χ4v) is 2.65. The Bertz CT molecular complexity index is 460. The summed E-state index contributed by atoms with van der Waals surface area (Å²) in [4.78, 5) is 24.4. The van der Waals surface area contributed by atoms with Gasteiger partial charge < -0.3 is 10.1 Å². The molecule has 0 aliphatic rings. The van der Waals surface area contributed by atoms with Crippen LogP contribution in [0.2, 0.25) is 0 Å². The smallest absolute Gasteiger partial charge is 0.407 e. The second-order valence-electron chi connectivity index (χ2n) is 5.77. The molecule has 0 saturated heterocycles. The van der Waals surface area contributed by atoms with Crippen LogP contribution in [-0.4, -0.2) is 34.8 Å². The van der Waals surface area contributed by atoms with Gasteiger partial charge in [-0.1, -0.05) is 39.5 Å². The normalized spacial score (nSPS) is 13.3. The average molecular weight is 323 g/mol. The first-order chi connectivity index (χ1) is 11.1. The van der Waals surface area contributed by atoms with E-state index in [0.717, 1.165) is 25.7 Å². The molecule has 6 heteroatoms. The van der Waals surface area contributed by atoms with Crippen LogP contribution in [-0.2, 0) is 16.1 Å². The standard InChI is InChI=1S/C17H29N3O3/c1-4-6-7-8-10-14(5-2)16(21)15(19-17(22)23-3)13-20-12-9-11-18-20/h9,11-12,14-15H,4-8,10,13H2,1-3H3,(H,19,22)/t14?,15-/m0/s1. The van der Waals surface area contributed by atoms with Gasteiger partial charge in [-0.25, -0.2) is 4.79 Å². The zero-order valence-corrected chi connectivity index (χ0v) is 14.5. The molecule has 1 heterocycles. The Labute approximate surface area is 138 Å². The number of nitrogens with zero attached hydrogens (tertiary/aromatic N) is 2. The summed E-state index contributed by atoms with van der Waals surface area (Å²) in [5.74, 6) is 0.0227. The van der Waals surface area contributed by atoms with Gasteiger partial charge in [-0.15, -0.1) is 0 Å². The lowest BCUT2D eigenvalue weighted by atomic mass is 9.90. The van der Waals surface area contributed by atoms with E-state index in [0.29, 0.717) is 6.54 Å². The van der Waals surface area contributed by atoms with E-state index < -0.39 is 12.1 Å². The number of methoxy groups -OCH3 is 1. The molecule has 1 unspecified atom stereocenters. The molecule has 0 bridgehead atoms. The van der Waals surface area contributed by atoms with E-state index >= 15 is 0 Å². The van der Waals surface area contributed by atoms with Crippen molar-refractivity contribution in [3.8, 4) is 0 Å². The third-order valence-corrected chi connectivity index (χ3v) is 4.05. The number of ketones is 1. The van der Waals surface area contributed by atoms with Crippen molar-refractivity contribution in [2.75, 3.05) is 7.11 Å². The van der Waals surface area contributed by atoms with E-state index in [1.807, 2.05) is 6.92 Å². The van der Waals surface area contributed by atoms with Gasteiger partial charge in [0.05, 0.1) is 13.7 Å². The molecule has 1 N–H and O–H groups in total. The number of rotatable bonds is 11. The highest BCUT2D eigenvalue weighted by Crippen LogP contribution is 2.17. The summed E-state index contributed by atoms with van der Waals surface area (Å²) in [5, 5.41) is 6.77. The minimum absolute atomic E-state index is 0.0374. The lowest BCUT2D eigenvalue weighted by Crippen LogP contribution is -2.46. The zero-order chi connectivity index (χ0) is 17.1. The molecule has 0 fully saturated rings. The maximum absolute atomic E-state index is 12.8. The van der Waals surface area contributed by atoms with E-state index in [9.17, 15) is 9.59 Å². The fraction of sp³-hybridized carbons (Fsp3) is 0.706. The number of carbonyl (C=O) groups excluding carboxylic acids is 2. The number of ether oxygens (including phenoxy) is 1. The number of hydrogen-bond donors (Lipinski definition) is 1. The van der Waals surface area contributed by atoms with E-state index in [4.69, 9.17) is 0 Å². The monoisotopic (exact) mass is 323 g/mol. The number of nitrogens with one attached hydrogen (secondary N) is 1. The quantitative estimate of drug-likeness (QED) is 0.635. The van der Waals surface area contributed by atoms with E-state index in [-0.39, 0.29) is 11.7 Å². The van der Waals surface area contributed by atoms with Gasteiger partial charge in [-0.2, -0.15) is 5.10 Å². The molecule has 0 spiro atoms. The Morgan fingerprint density at radius 3 is 2.61 bits per heavy atom. The van der Waals surface area contributed by atoms with Crippen LogP contribution in [0.1, 0.15) is 52.4 Å². The molecule has 2 atom stereocenters. The van der Waals surface area contributed by atoms with Gasteiger partial charge in [0, 0.05) is 18.3 Å². The number of hydrogen-bond acceptors (Lipinski definition) is 4. The summed E-state index contributed by atoms with van der Waals surface area (Å²) in [6, 6.07) is 1.18. The minimum atomic E-state index is -0.613. The Morgan fingerprint density at radius 2 is 2.04 bits per heavy atom. The van der Waals surface area contributed by atoms with Crippen molar-refractivity contribution in [2.45, 2.75) is 65.0 Å². The summed E-state index contributed by atoms with van der Waals surface area (Å²) in [5.41, 5.74) is 0. The molecule has 0 radical (unpaired) electrons. The van der Waals surface area contributed by atoms with Crippen LogP contribution in [0.4, 0.5) is 4.79 Å². The fourth-order valence-electron chi connectivity index (χ4n) is 2.65. The first-order valence-corrected chi connectivity index (χ1v) is 8.47. The first-order valence-electron chi connectivity index (χ1n) is 8.47. The molecular formula is C17H29N3O3. The second kappa shape index (κ2) is 10.8. The van der Waals surface area contributed by atoms with Crippen molar-refractivity contribution in [2.24, 2.45) is 5.92 Å². The molecule has 23 heavy (non-hydrogen) atoms. The number of carbonyl (C=O) groups is 2. The SMILES string of the molecule is CCCCCCC(CC)C(=O)[C@H](Cn1cccn1)NC(=O)OC. The lowest BCUT2D eigenvalue weighted by molar-refractivity contribution is -0.125. The third kappa shape index (κ3) is 6.84. The largest absolute Gasteiger partial charge is 0.453 e. The number of unbranched alkanes of at least 4 members (excludes halogenated alkanes) is 3. The molecule has 6 nitrogen and oxygen atoms in total. The summed E-state index contributed by atoms with van der Waals surface area (Å²) >= 11 is 0. The highest BCUT2D eigenvalue weighted by atomic mass is 16.5. The van der Waals surface area contributed by atoms with Gasteiger partial charge in [0.25, 0.3) is 0 Å². The molecule has 1 rings (SSSR count). The molecule has 0 aliphatic carbocycles. The van der Waals surface area contributed by atoms with Crippen molar-refractivity contribution < 1.29 is 14.3 Å². The van der Waals surface area contributed by atoms with Crippen LogP contribution in [0.3, 0.4) is 0 Å². The second-order valence-corrected chi connectivity index (χ2v) is 5.77. The molecule has 1 amide bonds. The van der Waals surface area contributed by atoms with Crippen molar-refractivity contribution >= 4 is 11.9 Å². The van der Waals surface area contributed by atoms with Crippen molar-refractivity contribution in [1.82, 2.24) is 15.1 Å². The van der Waals surface area contributed by atoms with Crippen LogP contribution in [0.5, 0.6) is 0 Å². The molecule has 0 aromatic carbocycles. The van der Waals surface area contributed by atoms with E-state index in [1.54, 1.807) is 23.1 Å². The van der Waals surface area contributed by atoms with Crippen molar-refractivity contribution in [3.63, 3.8) is 0 Å². The van der Waals surface area contributed by atoms with E-state index in [1.165, 1.54) is 20.0 Å². The number of amides is 1. The molecule has 0 aliphatic heterocycles. The van der Waals surface area contributed by atoms with Gasteiger partial charge >= 0.3 is 6.09 Å². The summed E-state index contributed by atoms with van der Waals surface area (Å²) in [6.07, 6.45) is 9.06. The lowest BCUT2D eigenvalue weighted by Gasteiger charge is -2.22. The summed E-state index contributed by atoms with van der Waals surface area (Å²) in [7, 11) is 1.30. The first kappa shape index (κ1) is 19.2. The Hall–Kier alpha value is -1.85. The molecule has 1 aromatic heterocycles. The zero-order valence-electron chi connectivity index (χ0n) is 14.5. The van der Waals surface area contributed by atoms with Crippen LogP contribution in [0.25, 0.3) is 0 Å². The van der Waals surface area contributed by atoms with E-state index in [2.05, 4.69) is 22.1 Å². The highest BCUT2D eigenvalue weighted by molar-refractivity contribution is 5.89. The summed E-state index contributed by atoms with van der Waals surface area (Å²) < 4.78 is 6.30. The third-order valence-electron chi connectivity index (χ3n) is 4.05. The topological polar surface area (TPSA) is 73.2 Å². The van der Waals surface area contributed by atoms with Crippen LogP contribution >= 0.6 is 0 Å². The predicted octanol–water partition coefficient (Wildman–Crippen LogP) is 3.17. The van der Waals surface area contributed by atoms with Gasteiger partial charge in [-0.3, -0.25) is 9.48 Å². The number of aromatic nitrogens is 2. The van der Waals surface area contributed by atoms with Crippen LogP contribution < -0.4 is 5.32 Å². The minimum Gasteiger partial charge on any atom is -0.453 e. The number of Topliss-reactive ketones (excluding diaryl/α,β-unsaturated/α-hetero) is 1. The van der Waals surface area contributed by atoms with Crippen molar-refractivity contribution in [1.29, 1.82) is 0 Å². The molecule has 1 aromatic rings. The van der Waals surface area contributed by atoms with Crippen LogP contribution in [0.15, 0.2) is 18.5 Å². The number of alkyl carbamates (subject to hydrolysis) is 1. The Morgan fingerprint density at radius 1 is 1.26 bits per heavy atom. The molecule has 130 valence electrons.